The van der Waals surface area contributed by atoms with Crippen LogP contribution in [0, 0.1) is 0 Å². The van der Waals surface area contributed by atoms with Crippen LogP contribution in [0.25, 0.3) is 11.2 Å². The van der Waals surface area contributed by atoms with Crippen LogP contribution in [0.4, 0.5) is 5.82 Å². The van der Waals surface area contributed by atoms with Gasteiger partial charge in [0, 0.05) is 20.3 Å². The summed E-state index contributed by atoms with van der Waals surface area (Å²) in [5.74, 6) is 0.473. The van der Waals surface area contributed by atoms with Crippen molar-refractivity contribution in [1.29, 1.82) is 0 Å². The van der Waals surface area contributed by atoms with Crippen molar-refractivity contribution < 1.29 is 33.7 Å². The summed E-state index contributed by atoms with van der Waals surface area (Å²) in [5.41, 5.74) is 1.66. The highest BCUT2D eigenvalue weighted by Gasteiger charge is 2.45. The van der Waals surface area contributed by atoms with Crippen LogP contribution >= 0.6 is 7.60 Å². The lowest BCUT2D eigenvalue weighted by molar-refractivity contribution is -0.0486. The van der Waals surface area contributed by atoms with Gasteiger partial charge in [-0.25, -0.2) is 15.0 Å². The number of aromatic nitrogens is 4. The quantitative estimate of drug-likeness (QED) is 0.311. The largest absolute Gasteiger partial charge is 0.392 e. The third-order valence-corrected chi connectivity index (χ3v) is 6.03. The molecule has 2 aromatic rings. The average Bonchev–Trinajstić information content (AvgIpc) is 3.28. The molecule has 3 rings (SSSR count). The highest BCUT2D eigenvalue weighted by atomic mass is 31.2. The number of fused-ring (bicyclic) bond motifs is 1. The van der Waals surface area contributed by atoms with E-state index in [-0.39, 0.29) is 13.2 Å². The lowest BCUT2D eigenvalue weighted by Crippen LogP contribution is -2.33. The molecule has 0 spiro atoms. The van der Waals surface area contributed by atoms with Crippen molar-refractivity contribution in [3.63, 3.8) is 0 Å². The van der Waals surface area contributed by atoms with E-state index in [1.54, 1.807) is 6.92 Å². The summed E-state index contributed by atoms with van der Waals surface area (Å²) in [5, 5.41) is 33.0. The normalized spacial score (nSPS) is 26.8. The minimum absolute atomic E-state index is 0.0303. The Labute approximate surface area is 173 Å². The molecular weight excluding hydrogens is 417 g/mol. The number of rotatable bonds is 9. The lowest BCUT2D eigenvalue weighted by Gasteiger charge is -2.17. The molecule has 2 aromatic heterocycles. The second-order valence-electron chi connectivity index (χ2n) is 6.93. The minimum Gasteiger partial charge on any atom is -0.392 e. The number of nitrogens with one attached hydrogen (secondary N) is 1. The smallest absolute Gasteiger partial charge is 0.327 e. The highest BCUT2D eigenvalue weighted by molar-refractivity contribution is 7.52. The van der Waals surface area contributed by atoms with Crippen LogP contribution in [0.1, 0.15) is 13.2 Å². The molecule has 1 aliphatic rings. The molecule has 30 heavy (non-hydrogen) atoms. The Kier molecular flexibility index (Phi) is 7.19. The molecule has 0 bridgehead atoms. The van der Waals surface area contributed by atoms with Gasteiger partial charge in [-0.2, -0.15) is 0 Å². The van der Waals surface area contributed by atoms with Crippen LogP contribution in [-0.2, 0) is 18.3 Å². The first-order chi connectivity index (χ1) is 14.3. The Balaban J connectivity index is 1.78. The standard InChI is InChI=1S/C17H26N5O7P/c1-10(6-23)4-5-18-15-12-16(20-8-19-15)22(9-21-12)17-14(25)13(24)11(29-17)7-28-30(3,26)27-2/h4,8-9,11,13-14,17,23-25H,5-7H2,1-3H3,(H,18,19,20)/b10-4+/t11-,13-,14-,17-,30?/m1/s1. The number of imidazole rings is 1. The number of ether oxygens (including phenoxy) is 1. The van der Waals surface area contributed by atoms with Crippen molar-refractivity contribution >= 4 is 24.6 Å². The SMILES string of the molecule is COP(C)(=O)OC[C@H]1O[C@@H](n2cnc3c(NC/C=C(\C)CO)ncnc32)[C@H](O)[C@@H]1O. The Morgan fingerprint density at radius 1 is 1.37 bits per heavy atom. The predicted octanol–water partition coefficient (Wildman–Crippen LogP) is 0.282. The lowest BCUT2D eigenvalue weighted by atomic mass is 10.1. The van der Waals surface area contributed by atoms with Crippen molar-refractivity contribution in [3.05, 3.63) is 24.3 Å². The summed E-state index contributed by atoms with van der Waals surface area (Å²) >= 11 is 0. The number of hydrogen-bond donors (Lipinski definition) is 4. The van der Waals surface area contributed by atoms with Gasteiger partial charge in [0.15, 0.2) is 23.2 Å². The van der Waals surface area contributed by atoms with Crippen molar-refractivity contribution in [2.45, 2.75) is 31.5 Å². The number of aliphatic hydroxyl groups is 3. The van der Waals surface area contributed by atoms with Crippen molar-refractivity contribution in [1.82, 2.24) is 19.5 Å². The maximum atomic E-state index is 11.9. The molecule has 5 atom stereocenters. The van der Waals surface area contributed by atoms with E-state index in [2.05, 4.69) is 20.3 Å². The van der Waals surface area contributed by atoms with Gasteiger partial charge in [0.1, 0.15) is 24.6 Å². The van der Waals surface area contributed by atoms with E-state index in [1.165, 1.54) is 31.0 Å². The number of aliphatic hydroxyl groups excluding tert-OH is 3. The van der Waals surface area contributed by atoms with Gasteiger partial charge in [0.2, 0.25) is 0 Å². The van der Waals surface area contributed by atoms with E-state index in [9.17, 15) is 14.8 Å². The number of hydrogen-bond acceptors (Lipinski definition) is 11. The molecule has 1 aliphatic heterocycles. The predicted molar refractivity (Wildman–Crippen MR) is 107 cm³/mol. The summed E-state index contributed by atoms with van der Waals surface area (Å²) in [4.78, 5) is 12.7. The minimum atomic E-state index is -3.26. The van der Waals surface area contributed by atoms with Gasteiger partial charge in [0.05, 0.1) is 19.5 Å². The van der Waals surface area contributed by atoms with Crippen LogP contribution in [0.5, 0.6) is 0 Å². The van der Waals surface area contributed by atoms with E-state index in [4.69, 9.17) is 18.9 Å². The zero-order valence-electron chi connectivity index (χ0n) is 16.9. The topological polar surface area (TPSA) is 161 Å². The summed E-state index contributed by atoms with van der Waals surface area (Å²) in [6.45, 7) is 3.29. The summed E-state index contributed by atoms with van der Waals surface area (Å²) in [7, 11) is -2.00. The first-order valence-electron chi connectivity index (χ1n) is 9.24. The molecule has 4 N–H and O–H groups in total. The van der Waals surface area contributed by atoms with Crippen molar-refractivity contribution in [3.8, 4) is 0 Å². The Morgan fingerprint density at radius 2 is 2.13 bits per heavy atom. The van der Waals surface area contributed by atoms with Crippen molar-refractivity contribution in [2.75, 3.05) is 38.8 Å². The summed E-state index contributed by atoms with van der Waals surface area (Å²) < 4.78 is 29.1. The van der Waals surface area contributed by atoms with Gasteiger partial charge < -0.3 is 34.4 Å². The van der Waals surface area contributed by atoms with Gasteiger partial charge in [-0.15, -0.1) is 0 Å². The third-order valence-electron chi connectivity index (χ3n) is 4.74. The maximum absolute atomic E-state index is 11.9. The fraction of sp³-hybridized carbons (Fsp3) is 0.588. The molecule has 12 nitrogen and oxygen atoms in total. The van der Waals surface area contributed by atoms with Crippen LogP contribution in [-0.4, -0.2) is 86.7 Å². The Bertz CT molecular complexity index is 952. The van der Waals surface area contributed by atoms with Crippen molar-refractivity contribution in [2.24, 2.45) is 0 Å². The summed E-state index contributed by atoms with van der Waals surface area (Å²) in [6.07, 6.45) is 0.154. The van der Waals surface area contributed by atoms with Crippen LogP contribution in [0.3, 0.4) is 0 Å². The Morgan fingerprint density at radius 3 is 2.83 bits per heavy atom. The molecule has 3 heterocycles. The fourth-order valence-electron chi connectivity index (χ4n) is 2.91. The van der Waals surface area contributed by atoms with Gasteiger partial charge in [0.25, 0.3) is 0 Å². The molecule has 1 fully saturated rings. The molecule has 1 saturated heterocycles. The van der Waals surface area contributed by atoms with Crippen LogP contribution in [0.2, 0.25) is 0 Å². The molecule has 0 saturated carbocycles. The molecule has 13 heteroatoms. The van der Waals surface area contributed by atoms with E-state index >= 15 is 0 Å². The number of nitrogens with zero attached hydrogens (tertiary/aromatic N) is 4. The second-order valence-corrected chi connectivity index (χ2v) is 9.10. The fourth-order valence-corrected chi connectivity index (χ4v) is 3.44. The molecule has 0 aromatic carbocycles. The van der Waals surface area contributed by atoms with Crippen LogP contribution in [0.15, 0.2) is 24.3 Å². The monoisotopic (exact) mass is 443 g/mol. The molecule has 0 amide bonds. The van der Waals surface area contributed by atoms with E-state index < -0.39 is 32.1 Å². The zero-order valence-corrected chi connectivity index (χ0v) is 17.8. The second kappa shape index (κ2) is 9.48. The first-order valence-corrected chi connectivity index (χ1v) is 11.2. The van der Waals surface area contributed by atoms with E-state index in [0.717, 1.165) is 5.57 Å². The maximum Gasteiger partial charge on any atom is 0.327 e. The summed E-state index contributed by atoms with van der Waals surface area (Å²) in [6, 6.07) is 0. The Hall–Kier alpha value is -1.92. The number of anilines is 1. The molecular formula is C17H26N5O7P. The van der Waals surface area contributed by atoms with Gasteiger partial charge in [-0.05, 0) is 6.92 Å². The van der Waals surface area contributed by atoms with Gasteiger partial charge in [-0.3, -0.25) is 9.13 Å². The highest BCUT2D eigenvalue weighted by Crippen LogP contribution is 2.44. The van der Waals surface area contributed by atoms with Crippen LogP contribution < -0.4 is 5.32 Å². The van der Waals surface area contributed by atoms with Gasteiger partial charge in [-0.1, -0.05) is 11.6 Å². The first kappa shape index (κ1) is 22.8. The molecule has 166 valence electrons. The van der Waals surface area contributed by atoms with E-state index in [0.29, 0.717) is 23.5 Å². The third kappa shape index (κ3) is 4.86. The molecule has 0 aliphatic carbocycles. The molecule has 0 radical (unpaired) electrons. The zero-order chi connectivity index (χ0) is 21.9. The molecule has 1 unspecified atom stereocenters. The average molecular weight is 443 g/mol. The van der Waals surface area contributed by atoms with Gasteiger partial charge >= 0.3 is 7.60 Å². The van der Waals surface area contributed by atoms with E-state index in [1.807, 2.05) is 6.08 Å².